The number of anilines is 2. The third-order valence-corrected chi connectivity index (χ3v) is 5.34. The second-order valence-corrected chi connectivity index (χ2v) is 8.00. The molecule has 10 nitrogen and oxygen atoms in total. The van der Waals surface area contributed by atoms with Crippen molar-refractivity contribution in [3.63, 3.8) is 0 Å². The Morgan fingerprint density at radius 3 is 3.10 bits per heavy atom. The molecule has 2 aliphatic rings. The lowest BCUT2D eigenvalue weighted by Gasteiger charge is -2.15. The highest BCUT2D eigenvalue weighted by atomic mass is 16.6. The number of aromatic nitrogens is 5. The first kappa shape index (κ1) is 17.9. The molecular formula is C19H23N7O3. The van der Waals surface area contributed by atoms with E-state index in [0.717, 1.165) is 29.7 Å². The average Bonchev–Trinajstić information content (AvgIpc) is 3.09. The molecule has 2 atom stereocenters. The van der Waals surface area contributed by atoms with Gasteiger partial charge in [0, 0.05) is 30.4 Å². The van der Waals surface area contributed by atoms with Gasteiger partial charge in [-0.05, 0) is 32.8 Å². The number of carbonyl (C=O) groups excluding carboxylic acids is 1. The fraction of sp³-hybridized carbons (Fsp3) is 0.474. The van der Waals surface area contributed by atoms with E-state index in [0.29, 0.717) is 24.7 Å². The Labute approximate surface area is 167 Å². The minimum atomic E-state index is -0.374. The second-order valence-electron chi connectivity index (χ2n) is 8.00. The van der Waals surface area contributed by atoms with Gasteiger partial charge >= 0.3 is 6.09 Å². The number of rotatable bonds is 5. The maximum Gasteiger partial charge on any atom is 0.407 e. The zero-order valence-electron chi connectivity index (χ0n) is 16.3. The van der Waals surface area contributed by atoms with Gasteiger partial charge in [-0.1, -0.05) is 0 Å². The lowest BCUT2D eigenvalue weighted by molar-refractivity contribution is 0.0675. The number of aromatic amines is 1. The first-order chi connectivity index (χ1) is 14.0. The number of fused-ring (bicyclic) bond motifs is 1. The molecule has 0 radical (unpaired) electrons. The van der Waals surface area contributed by atoms with Gasteiger partial charge in [0.05, 0.1) is 18.0 Å². The van der Waals surface area contributed by atoms with E-state index in [1.54, 1.807) is 16.9 Å². The number of aryl methyl sites for hydroxylation is 1. The van der Waals surface area contributed by atoms with Gasteiger partial charge in [0.25, 0.3) is 0 Å². The molecule has 4 heterocycles. The molecule has 1 saturated carbocycles. The highest BCUT2D eigenvalue weighted by molar-refractivity contribution is 5.72. The van der Waals surface area contributed by atoms with Crippen LogP contribution in [0.2, 0.25) is 0 Å². The number of H-pyrrole nitrogens is 1. The topological polar surface area (TPSA) is 118 Å². The number of alkyl carbamates (subject to hydrolysis) is 1. The summed E-state index contributed by atoms with van der Waals surface area (Å²) in [5.74, 6) is 1.30. The third-order valence-electron chi connectivity index (χ3n) is 5.34. The van der Waals surface area contributed by atoms with E-state index in [1.165, 1.54) is 0 Å². The standard InChI is InChI=1S/C19H23N7O3/c1-11-7-14-17(20-5-6-26(14)25-11)21-16-9-13(23-24-16)15-8-12(10-28-15)29-18(27)22-19(2)3-4-19/h5-7,9,12,15H,3-4,8,10H2,1-2H3,(H,22,27)(H2,20,21,23,24). The van der Waals surface area contributed by atoms with E-state index in [-0.39, 0.29) is 23.8 Å². The lowest BCUT2D eigenvalue weighted by atomic mass is 10.1. The first-order valence-electron chi connectivity index (χ1n) is 9.71. The van der Waals surface area contributed by atoms with E-state index < -0.39 is 0 Å². The van der Waals surface area contributed by atoms with Crippen LogP contribution in [0.15, 0.2) is 24.5 Å². The minimum Gasteiger partial charge on any atom is -0.444 e. The normalized spacial score (nSPS) is 22.6. The average molecular weight is 397 g/mol. The molecule has 5 rings (SSSR count). The van der Waals surface area contributed by atoms with Crippen LogP contribution in [0.4, 0.5) is 16.4 Å². The molecule has 0 aromatic carbocycles. The number of ether oxygens (including phenoxy) is 2. The Morgan fingerprint density at radius 1 is 1.41 bits per heavy atom. The molecular weight excluding hydrogens is 374 g/mol. The number of hydrogen-bond donors (Lipinski definition) is 3. The van der Waals surface area contributed by atoms with E-state index in [9.17, 15) is 4.79 Å². The molecule has 1 aliphatic heterocycles. The Hall–Kier alpha value is -3.14. The zero-order chi connectivity index (χ0) is 20.0. The van der Waals surface area contributed by atoms with Crippen molar-refractivity contribution in [2.24, 2.45) is 0 Å². The summed E-state index contributed by atoms with van der Waals surface area (Å²) in [6, 6.07) is 3.84. The van der Waals surface area contributed by atoms with Crippen molar-refractivity contribution in [1.29, 1.82) is 0 Å². The predicted octanol–water partition coefficient (Wildman–Crippen LogP) is 2.61. The van der Waals surface area contributed by atoms with Crippen LogP contribution in [0.5, 0.6) is 0 Å². The SMILES string of the molecule is Cc1cc2c(Nc3cc(C4CC(OC(=O)NC5(C)CC5)CO4)[nH]n3)nccn2n1. The molecule has 2 fully saturated rings. The van der Waals surface area contributed by atoms with Crippen LogP contribution < -0.4 is 10.6 Å². The van der Waals surface area contributed by atoms with E-state index >= 15 is 0 Å². The van der Waals surface area contributed by atoms with Crippen LogP contribution in [0, 0.1) is 6.92 Å². The van der Waals surface area contributed by atoms with Gasteiger partial charge in [0.15, 0.2) is 11.6 Å². The third kappa shape index (κ3) is 3.75. The van der Waals surface area contributed by atoms with Crippen LogP contribution in [0.1, 0.15) is 43.7 Å². The molecule has 10 heteroatoms. The Kier molecular flexibility index (Phi) is 4.16. The summed E-state index contributed by atoms with van der Waals surface area (Å²) in [5, 5.41) is 17.8. The molecule has 2 unspecified atom stereocenters. The van der Waals surface area contributed by atoms with Crippen molar-refractivity contribution in [3.8, 4) is 0 Å². The molecule has 3 aromatic heterocycles. The molecule has 0 spiro atoms. The molecule has 1 aliphatic carbocycles. The predicted molar refractivity (Wildman–Crippen MR) is 104 cm³/mol. The quantitative estimate of drug-likeness (QED) is 0.605. The first-order valence-corrected chi connectivity index (χ1v) is 9.71. The monoisotopic (exact) mass is 397 g/mol. The molecule has 3 aromatic rings. The highest BCUT2D eigenvalue weighted by Gasteiger charge is 2.40. The summed E-state index contributed by atoms with van der Waals surface area (Å²) >= 11 is 0. The van der Waals surface area contributed by atoms with Gasteiger partial charge in [0.2, 0.25) is 0 Å². The van der Waals surface area contributed by atoms with Gasteiger partial charge in [0.1, 0.15) is 17.7 Å². The number of amides is 1. The summed E-state index contributed by atoms with van der Waals surface area (Å²) in [4.78, 5) is 16.4. The summed E-state index contributed by atoms with van der Waals surface area (Å²) in [7, 11) is 0. The van der Waals surface area contributed by atoms with Crippen molar-refractivity contribution in [1.82, 2.24) is 30.1 Å². The van der Waals surface area contributed by atoms with Crippen molar-refractivity contribution in [3.05, 3.63) is 35.9 Å². The lowest BCUT2D eigenvalue weighted by Crippen LogP contribution is -2.37. The van der Waals surface area contributed by atoms with Gasteiger partial charge in [-0.2, -0.15) is 10.2 Å². The van der Waals surface area contributed by atoms with Gasteiger partial charge in [-0.3, -0.25) is 5.10 Å². The largest absolute Gasteiger partial charge is 0.444 e. The second kappa shape index (κ2) is 6.73. The molecule has 29 heavy (non-hydrogen) atoms. The van der Waals surface area contributed by atoms with Gasteiger partial charge in [-0.15, -0.1) is 0 Å². The van der Waals surface area contributed by atoms with Crippen LogP contribution in [0.3, 0.4) is 0 Å². The Morgan fingerprint density at radius 2 is 2.28 bits per heavy atom. The fourth-order valence-corrected chi connectivity index (χ4v) is 3.46. The number of nitrogens with one attached hydrogen (secondary N) is 3. The molecule has 1 amide bonds. The van der Waals surface area contributed by atoms with Crippen molar-refractivity contribution < 1.29 is 14.3 Å². The van der Waals surface area contributed by atoms with Crippen LogP contribution >= 0.6 is 0 Å². The van der Waals surface area contributed by atoms with Gasteiger partial charge in [-0.25, -0.2) is 14.3 Å². The highest BCUT2D eigenvalue weighted by Crippen LogP contribution is 2.35. The Bertz CT molecular complexity index is 1060. The maximum absolute atomic E-state index is 12.0. The van der Waals surface area contributed by atoms with E-state index in [2.05, 4.69) is 30.9 Å². The summed E-state index contributed by atoms with van der Waals surface area (Å²) in [6.07, 6.45) is 5.22. The molecule has 152 valence electrons. The number of carbonyl (C=O) groups is 1. The van der Waals surface area contributed by atoms with Crippen molar-refractivity contribution in [2.75, 3.05) is 11.9 Å². The number of hydrogen-bond acceptors (Lipinski definition) is 7. The van der Waals surface area contributed by atoms with Crippen molar-refractivity contribution >= 4 is 23.2 Å². The summed E-state index contributed by atoms with van der Waals surface area (Å²) < 4.78 is 13.1. The maximum atomic E-state index is 12.0. The van der Waals surface area contributed by atoms with E-state index in [1.807, 2.05) is 26.0 Å². The van der Waals surface area contributed by atoms with Gasteiger partial charge < -0.3 is 20.1 Å². The zero-order valence-corrected chi connectivity index (χ0v) is 16.3. The van der Waals surface area contributed by atoms with Crippen LogP contribution in [-0.4, -0.2) is 49.1 Å². The van der Waals surface area contributed by atoms with Crippen LogP contribution in [0.25, 0.3) is 5.52 Å². The number of nitrogens with zero attached hydrogens (tertiary/aromatic N) is 4. The fourth-order valence-electron chi connectivity index (χ4n) is 3.46. The van der Waals surface area contributed by atoms with Crippen LogP contribution in [-0.2, 0) is 9.47 Å². The minimum absolute atomic E-state index is 0.0924. The summed E-state index contributed by atoms with van der Waals surface area (Å²) in [5.41, 5.74) is 2.51. The summed E-state index contributed by atoms with van der Waals surface area (Å²) in [6.45, 7) is 4.32. The van der Waals surface area contributed by atoms with Crippen molar-refractivity contribution in [2.45, 2.75) is 50.9 Å². The van der Waals surface area contributed by atoms with E-state index in [4.69, 9.17) is 9.47 Å². The molecule has 3 N–H and O–H groups in total. The molecule has 1 saturated heterocycles. The molecule has 0 bridgehead atoms. The Balaban J connectivity index is 1.22. The smallest absolute Gasteiger partial charge is 0.407 e.